The van der Waals surface area contributed by atoms with Gasteiger partial charge in [0.05, 0.1) is 20.3 Å². The molecule has 1 saturated heterocycles. The number of rotatable bonds is 4. The lowest BCUT2D eigenvalue weighted by atomic mass is 9.78. The summed E-state index contributed by atoms with van der Waals surface area (Å²) in [6, 6.07) is 4.52. The molecule has 0 bridgehead atoms. The quantitative estimate of drug-likeness (QED) is 0.895. The highest BCUT2D eigenvalue weighted by atomic mass is 16.5. The molecule has 5 nitrogen and oxygen atoms in total. The van der Waals surface area contributed by atoms with E-state index in [1.165, 1.54) is 16.6 Å². The number of fused-ring (bicyclic) bond motifs is 5. The van der Waals surface area contributed by atoms with Crippen molar-refractivity contribution in [1.29, 1.82) is 0 Å². The van der Waals surface area contributed by atoms with E-state index in [1.807, 2.05) is 6.07 Å². The fourth-order valence-electron chi connectivity index (χ4n) is 4.85. The average Bonchev–Trinajstić information content (AvgIpc) is 3.03. The van der Waals surface area contributed by atoms with E-state index < -0.39 is 0 Å². The molecule has 2 aliphatic heterocycles. The Balaban J connectivity index is 1.77. The molecule has 136 valence electrons. The zero-order chi connectivity index (χ0) is 17.6. The van der Waals surface area contributed by atoms with Gasteiger partial charge in [0.1, 0.15) is 0 Å². The van der Waals surface area contributed by atoms with Gasteiger partial charge in [0.15, 0.2) is 11.5 Å². The molecule has 2 aromatic rings. The normalized spacial score (nSPS) is 26.3. The van der Waals surface area contributed by atoms with Crippen LogP contribution < -0.4 is 9.47 Å². The Kier molecular flexibility index (Phi) is 4.38. The summed E-state index contributed by atoms with van der Waals surface area (Å²) in [5, 5.41) is 11.1. The standard InChI is InChI=1S/C20H28N2O3/c1-4-12-10-22-6-5-14-15-8-18(24-2)19(25-3)9-16(15)21-20(14)17(22)7-13(12)11-23/h8-9,12-13,17,21,23H,4-7,10-11H2,1-3H3. The molecule has 3 atom stereocenters. The topological polar surface area (TPSA) is 57.7 Å². The van der Waals surface area contributed by atoms with Crippen molar-refractivity contribution in [2.24, 2.45) is 11.8 Å². The minimum absolute atomic E-state index is 0.292. The summed E-state index contributed by atoms with van der Waals surface area (Å²) >= 11 is 0. The number of nitrogens with zero attached hydrogens (tertiary/aromatic N) is 1. The number of H-pyrrole nitrogens is 1. The van der Waals surface area contributed by atoms with Gasteiger partial charge < -0.3 is 19.6 Å². The molecule has 1 aromatic heterocycles. The van der Waals surface area contributed by atoms with Gasteiger partial charge in [-0.05, 0) is 36.3 Å². The van der Waals surface area contributed by atoms with Crippen LogP contribution in [0.25, 0.3) is 10.9 Å². The fourth-order valence-corrected chi connectivity index (χ4v) is 4.85. The van der Waals surface area contributed by atoms with Crippen LogP contribution in [0.15, 0.2) is 12.1 Å². The van der Waals surface area contributed by atoms with Crippen LogP contribution in [0.4, 0.5) is 0 Å². The summed E-state index contributed by atoms with van der Waals surface area (Å²) in [7, 11) is 3.36. The van der Waals surface area contributed by atoms with Crippen LogP contribution in [0.2, 0.25) is 0 Å². The Labute approximate surface area is 148 Å². The molecule has 0 spiro atoms. The van der Waals surface area contributed by atoms with Gasteiger partial charge in [0.25, 0.3) is 0 Å². The van der Waals surface area contributed by atoms with Crippen molar-refractivity contribution in [2.45, 2.75) is 32.2 Å². The number of methoxy groups -OCH3 is 2. The summed E-state index contributed by atoms with van der Waals surface area (Å²) in [4.78, 5) is 6.26. The molecule has 0 radical (unpaired) electrons. The van der Waals surface area contributed by atoms with Crippen molar-refractivity contribution in [2.75, 3.05) is 33.9 Å². The monoisotopic (exact) mass is 344 g/mol. The molecule has 1 fully saturated rings. The van der Waals surface area contributed by atoms with Crippen LogP contribution in [-0.4, -0.2) is 48.9 Å². The number of hydrogen-bond acceptors (Lipinski definition) is 4. The number of benzene rings is 1. The summed E-state index contributed by atoms with van der Waals surface area (Å²) in [5.41, 5.74) is 3.84. The lowest BCUT2D eigenvalue weighted by Crippen LogP contribution is -2.46. The minimum atomic E-state index is 0.292. The van der Waals surface area contributed by atoms with Gasteiger partial charge in [0.2, 0.25) is 0 Å². The van der Waals surface area contributed by atoms with E-state index in [2.05, 4.69) is 22.9 Å². The third-order valence-corrected chi connectivity index (χ3v) is 6.29. The number of aromatic nitrogens is 1. The predicted molar refractivity (Wildman–Crippen MR) is 98.4 cm³/mol. The summed E-state index contributed by atoms with van der Waals surface area (Å²) < 4.78 is 10.9. The molecule has 25 heavy (non-hydrogen) atoms. The van der Waals surface area contributed by atoms with Gasteiger partial charge in [-0.15, -0.1) is 0 Å². The zero-order valence-electron chi connectivity index (χ0n) is 15.3. The van der Waals surface area contributed by atoms with Crippen LogP contribution in [-0.2, 0) is 6.42 Å². The van der Waals surface area contributed by atoms with Crippen LogP contribution in [0.1, 0.15) is 37.1 Å². The number of ether oxygens (including phenoxy) is 2. The van der Waals surface area contributed by atoms with Gasteiger partial charge in [0, 0.05) is 42.4 Å². The smallest absolute Gasteiger partial charge is 0.162 e. The lowest BCUT2D eigenvalue weighted by Gasteiger charge is -2.45. The third-order valence-electron chi connectivity index (χ3n) is 6.29. The van der Waals surface area contributed by atoms with Gasteiger partial charge in [-0.25, -0.2) is 0 Å². The molecule has 2 N–H and O–H groups in total. The highest BCUT2D eigenvalue weighted by Gasteiger charge is 2.39. The van der Waals surface area contributed by atoms with Crippen molar-refractivity contribution in [3.8, 4) is 11.5 Å². The van der Waals surface area contributed by atoms with Gasteiger partial charge in [-0.3, -0.25) is 4.90 Å². The van der Waals surface area contributed by atoms with Crippen LogP contribution in [0.5, 0.6) is 11.5 Å². The molecule has 0 saturated carbocycles. The first kappa shape index (κ1) is 16.7. The van der Waals surface area contributed by atoms with Crippen molar-refractivity contribution < 1.29 is 14.6 Å². The molecule has 0 amide bonds. The second-order valence-corrected chi connectivity index (χ2v) is 7.38. The highest BCUT2D eigenvalue weighted by molar-refractivity contribution is 5.88. The fraction of sp³-hybridized carbons (Fsp3) is 0.600. The third kappa shape index (κ3) is 2.61. The van der Waals surface area contributed by atoms with Gasteiger partial charge in [-0.2, -0.15) is 0 Å². The lowest BCUT2D eigenvalue weighted by molar-refractivity contribution is 0.0242. The first-order valence-corrected chi connectivity index (χ1v) is 9.31. The second kappa shape index (κ2) is 6.54. The molecule has 3 heterocycles. The van der Waals surface area contributed by atoms with Crippen molar-refractivity contribution in [3.63, 3.8) is 0 Å². The van der Waals surface area contributed by atoms with E-state index in [-0.39, 0.29) is 0 Å². The number of piperidine rings is 1. The molecule has 2 aliphatic rings. The largest absolute Gasteiger partial charge is 0.493 e. The van der Waals surface area contributed by atoms with Crippen LogP contribution >= 0.6 is 0 Å². The summed E-state index contributed by atoms with van der Waals surface area (Å²) in [5.74, 6) is 2.54. The van der Waals surface area contributed by atoms with Crippen LogP contribution in [0, 0.1) is 11.8 Å². The second-order valence-electron chi connectivity index (χ2n) is 7.38. The van der Waals surface area contributed by atoms with E-state index in [4.69, 9.17) is 9.47 Å². The number of aliphatic hydroxyl groups is 1. The molecule has 1 aromatic carbocycles. The first-order valence-electron chi connectivity index (χ1n) is 9.31. The van der Waals surface area contributed by atoms with Crippen molar-refractivity contribution in [3.05, 3.63) is 23.4 Å². The molecular formula is C20H28N2O3. The SMILES string of the molecule is CCC1CN2CCc3c([nH]c4cc(OC)c(OC)cc34)C2CC1CO. The predicted octanol–water partition coefficient (Wildman–Crippen LogP) is 3.12. The van der Waals surface area contributed by atoms with E-state index in [1.54, 1.807) is 14.2 Å². The van der Waals surface area contributed by atoms with E-state index in [0.717, 1.165) is 49.4 Å². The highest BCUT2D eigenvalue weighted by Crippen LogP contribution is 2.45. The minimum Gasteiger partial charge on any atom is -0.493 e. The number of aromatic amines is 1. The number of aliphatic hydroxyl groups excluding tert-OH is 1. The first-order chi connectivity index (χ1) is 12.2. The van der Waals surface area contributed by atoms with Crippen molar-refractivity contribution >= 4 is 10.9 Å². The van der Waals surface area contributed by atoms with Gasteiger partial charge in [-0.1, -0.05) is 13.3 Å². The zero-order valence-corrected chi connectivity index (χ0v) is 15.3. The molecule has 3 unspecified atom stereocenters. The molecule has 0 aliphatic carbocycles. The van der Waals surface area contributed by atoms with Crippen LogP contribution in [0.3, 0.4) is 0 Å². The van der Waals surface area contributed by atoms with E-state index in [9.17, 15) is 5.11 Å². The van der Waals surface area contributed by atoms with E-state index >= 15 is 0 Å². The number of hydrogen-bond donors (Lipinski definition) is 2. The number of nitrogens with one attached hydrogen (secondary N) is 1. The Morgan fingerprint density at radius 1 is 1.20 bits per heavy atom. The maximum atomic E-state index is 9.85. The summed E-state index contributed by atoms with van der Waals surface area (Å²) in [6.07, 6.45) is 3.23. The molecule has 5 heteroatoms. The molecular weight excluding hydrogens is 316 g/mol. The Morgan fingerprint density at radius 2 is 1.96 bits per heavy atom. The Hall–Kier alpha value is -1.72. The Bertz CT molecular complexity index is 770. The van der Waals surface area contributed by atoms with Gasteiger partial charge >= 0.3 is 0 Å². The van der Waals surface area contributed by atoms with E-state index in [0.29, 0.717) is 24.5 Å². The maximum Gasteiger partial charge on any atom is 0.162 e. The molecule has 4 rings (SSSR count). The average molecular weight is 344 g/mol. The van der Waals surface area contributed by atoms with Crippen molar-refractivity contribution in [1.82, 2.24) is 9.88 Å². The summed E-state index contributed by atoms with van der Waals surface area (Å²) in [6.45, 7) is 4.71. The maximum absolute atomic E-state index is 9.85. The Morgan fingerprint density at radius 3 is 2.64 bits per heavy atom.